The van der Waals surface area contributed by atoms with E-state index in [1.54, 1.807) is 0 Å². The highest BCUT2D eigenvalue weighted by Gasteiger charge is 2.26. The maximum absolute atomic E-state index is 5.51. The van der Waals surface area contributed by atoms with Gasteiger partial charge in [-0.1, -0.05) is 27.9 Å². The van der Waals surface area contributed by atoms with E-state index in [9.17, 15) is 0 Å². The van der Waals surface area contributed by atoms with Crippen molar-refractivity contribution in [1.82, 2.24) is 5.32 Å². The van der Waals surface area contributed by atoms with Gasteiger partial charge in [0, 0.05) is 10.5 Å². The zero-order valence-electron chi connectivity index (χ0n) is 9.68. The Hall–Kier alpha value is -0.780. The van der Waals surface area contributed by atoms with Gasteiger partial charge in [-0.3, -0.25) is 5.32 Å². The number of fused-ring (bicyclic) bond motifs is 1. The van der Waals surface area contributed by atoms with Gasteiger partial charge in [0.25, 0.3) is 0 Å². The normalized spacial score (nSPS) is 19.2. The third-order valence-electron chi connectivity index (χ3n) is 3.08. The average Bonchev–Trinajstić information content (AvgIpc) is 2.60. The number of terminal acetylenes is 1. The molecule has 1 unspecified atom stereocenters. The lowest BCUT2D eigenvalue weighted by Gasteiger charge is -2.25. The van der Waals surface area contributed by atoms with E-state index in [4.69, 9.17) is 6.42 Å². The van der Waals surface area contributed by atoms with E-state index in [0.717, 1.165) is 17.3 Å². The van der Waals surface area contributed by atoms with Crippen molar-refractivity contribution >= 4 is 15.9 Å². The predicted octanol–water partition coefficient (Wildman–Crippen LogP) is 3.44. The minimum atomic E-state index is -0.237. The van der Waals surface area contributed by atoms with E-state index in [1.165, 1.54) is 11.1 Å². The fraction of sp³-hybridized carbons (Fsp3) is 0.429. The van der Waals surface area contributed by atoms with Crippen LogP contribution in [0.25, 0.3) is 0 Å². The van der Waals surface area contributed by atoms with Crippen molar-refractivity contribution in [3.05, 3.63) is 33.8 Å². The molecule has 1 N–H and O–H groups in total. The Kier molecular flexibility index (Phi) is 3.10. The van der Waals surface area contributed by atoms with Gasteiger partial charge in [-0.2, -0.15) is 0 Å². The van der Waals surface area contributed by atoms with Crippen LogP contribution in [0.2, 0.25) is 0 Å². The van der Waals surface area contributed by atoms with Crippen molar-refractivity contribution in [2.24, 2.45) is 0 Å². The molecule has 2 rings (SSSR count). The van der Waals surface area contributed by atoms with Crippen LogP contribution in [0.1, 0.15) is 37.4 Å². The number of hydrogen-bond acceptors (Lipinski definition) is 1. The van der Waals surface area contributed by atoms with Gasteiger partial charge < -0.3 is 0 Å². The molecule has 1 aliphatic rings. The van der Waals surface area contributed by atoms with E-state index in [-0.39, 0.29) is 5.54 Å². The Morgan fingerprint density at radius 1 is 1.50 bits per heavy atom. The quantitative estimate of drug-likeness (QED) is 0.817. The summed E-state index contributed by atoms with van der Waals surface area (Å²) in [5.41, 5.74) is 2.59. The molecule has 0 aliphatic heterocycles. The number of aryl methyl sites for hydroxylation is 1. The lowest BCUT2D eigenvalue weighted by atomic mass is 10.0. The molecule has 16 heavy (non-hydrogen) atoms. The Morgan fingerprint density at radius 3 is 2.94 bits per heavy atom. The Labute approximate surface area is 106 Å². The van der Waals surface area contributed by atoms with E-state index < -0.39 is 0 Å². The van der Waals surface area contributed by atoms with Gasteiger partial charge in [0.2, 0.25) is 0 Å². The van der Waals surface area contributed by atoms with Gasteiger partial charge in [-0.05, 0) is 49.9 Å². The van der Waals surface area contributed by atoms with E-state index in [0.29, 0.717) is 6.04 Å². The maximum Gasteiger partial charge on any atom is 0.0746 e. The molecule has 1 aromatic rings. The first-order chi connectivity index (χ1) is 7.52. The highest BCUT2D eigenvalue weighted by Crippen LogP contribution is 2.34. The highest BCUT2D eigenvalue weighted by molar-refractivity contribution is 9.10. The summed E-state index contributed by atoms with van der Waals surface area (Å²) in [6.07, 6.45) is 7.78. The summed E-state index contributed by atoms with van der Waals surface area (Å²) in [7, 11) is 0. The molecule has 1 aliphatic carbocycles. The molecule has 2 heteroatoms. The second-order valence-corrected chi connectivity index (χ2v) is 5.76. The van der Waals surface area contributed by atoms with Crippen molar-refractivity contribution in [1.29, 1.82) is 0 Å². The first-order valence-electron chi connectivity index (χ1n) is 5.55. The summed E-state index contributed by atoms with van der Waals surface area (Å²) in [5.74, 6) is 2.79. The fourth-order valence-electron chi connectivity index (χ4n) is 2.21. The van der Waals surface area contributed by atoms with Crippen LogP contribution in [0.3, 0.4) is 0 Å². The molecular formula is C14H16BrN. The molecule has 0 bridgehead atoms. The molecule has 1 atom stereocenters. The number of nitrogens with one attached hydrogen (secondary N) is 1. The molecule has 0 saturated heterocycles. The van der Waals surface area contributed by atoms with Crippen molar-refractivity contribution in [2.75, 3.05) is 0 Å². The van der Waals surface area contributed by atoms with Crippen molar-refractivity contribution < 1.29 is 0 Å². The van der Waals surface area contributed by atoms with Crippen LogP contribution in [0, 0.1) is 12.3 Å². The maximum atomic E-state index is 5.51. The van der Waals surface area contributed by atoms with Crippen LogP contribution in [0.15, 0.2) is 22.7 Å². The summed E-state index contributed by atoms with van der Waals surface area (Å²) >= 11 is 3.51. The average molecular weight is 278 g/mol. The monoisotopic (exact) mass is 277 g/mol. The summed E-state index contributed by atoms with van der Waals surface area (Å²) in [6.45, 7) is 4.09. The minimum Gasteiger partial charge on any atom is -0.295 e. The predicted molar refractivity (Wildman–Crippen MR) is 71.3 cm³/mol. The van der Waals surface area contributed by atoms with Crippen LogP contribution < -0.4 is 5.32 Å². The molecule has 0 saturated carbocycles. The van der Waals surface area contributed by atoms with Gasteiger partial charge in [0.1, 0.15) is 0 Å². The standard InChI is InChI=1S/C14H16BrN/c1-4-14(2,3)16-13-8-5-10-9-11(15)6-7-12(10)13/h1,6-7,9,13,16H,5,8H2,2-3H3. The van der Waals surface area contributed by atoms with Gasteiger partial charge >= 0.3 is 0 Å². The molecule has 0 amide bonds. The molecule has 0 spiro atoms. The first kappa shape index (κ1) is 11.7. The lowest BCUT2D eigenvalue weighted by Crippen LogP contribution is -2.39. The summed E-state index contributed by atoms with van der Waals surface area (Å²) in [4.78, 5) is 0. The van der Waals surface area contributed by atoms with E-state index in [1.807, 2.05) is 13.8 Å². The summed E-state index contributed by atoms with van der Waals surface area (Å²) < 4.78 is 1.16. The Bertz CT molecular complexity index is 443. The van der Waals surface area contributed by atoms with E-state index in [2.05, 4.69) is 45.4 Å². The SMILES string of the molecule is C#CC(C)(C)NC1CCc2cc(Br)ccc21. The Morgan fingerprint density at radius 2 is 2.25 bits per heavy atom. The molecule has 1 aromatic carbocycles. The van der Waals surface area contributed by atoms with Crippen molar-refractivity contribution in [3.8, 4) is 12.3 Å². The van der Waals surface area contributed by atoms with Crippen LogP contribution in [0.5, 0.6) is 0 Å². The molecule has 0 aromatic heterocycles. The molecule has 0 radical (unpaired) electrons. The topological polar surface area (TPSA) is 12.0 Å². The molecular weight excluding hydrogens is 262 g/mol. The van der Waals surface area contributed by atoms with Crippen LogP contribution in [-0.4, -0.2) is 5.54 Å². The van der Waals surface area contributed by atoms with Crippen LogP contribution in [0.4, 0.5) is 0 Å². The number of hydrogen-bond donors (Lipinski definition) is 1. The first-order valence-corrected chi connectivity index (χ1v) is 6.35. The number of halogens is 1. The summed E-state index contributed by atoms with van der Waals surface area (Å²) in [5, 5.41) is 3.53. The van der Waals surface area contributed by atoms with Crippen molar-refractivity contribution in [3.63, 3.8) is 0 Å². The molecule has 0 heterocycles. The van der Waals surface area contributed by atoms with E-state index >= 15 is 0 Å². The third-order valence-corrected chi connectivity index (χ3v) is 3.57. The van der Waals surface area contributed by atoms with Crippen LogP contribution in [-0.2, 0) is 6.42 Å². The van der Waals surface area contributed by atoms with Gasteiger partial charge in [0.15, 0.2) is 0 Å². The molecule has 84 valence electrons. The summed E-state index contributed by atoms with van der Waals surface area (Å²) in [6, 6.07) is 6.90. The van der Waals surface area contributed by atoms with Gasteiger partial charge in [-0.25, -0.2) is 0 Å². The number of benzene rings is 1. The van der Waals surface area contributed by atoms with Crippen LogP contribution >= 0.6 is 15.9 Å². The van der Waals surface area contributed by atoms with Gasteiger partial charge in [-0.15, -0.1) is 6.42 Å². The second-order valence-electron chi connectivity index (χ2n) is 4.85. The largest absolute Gasteiger partial charge is 0.295 e. The minimum absolute atomic E-state index is 0.237. The van der Waals surface area contributed by atoms with Crippen molar-refractivity contribution in [2.45, 2.75) is 38.3 Å². The molecule has 0 fully saturated rings. The van der Waals surface area contributed by atoms with Gasteiger partial charge in [0.05, 0.1) is 5.54 Å². The highest BCUT2D eigenvalue weighted by atomic mass is 79.9. The number of rotatable bonds is 2. The fourth-order valence-corrected chi connectivity index (χ4v) is 2.62. The second kappa shape index (κ2) is 4.24. The zero-order chi connectivity index (χ0) is 11.8. The molecule has 1 nitrogen and oxygen atoms in total. The Balaban J connectivity index is 2.22. The lowest BCUT2D eigenvalue weighted by molar-refractivity contribution is 0.410. The smallest absolute Gasteiger partial charge is 0.0746 e. The third kappa shape index (κ3) is 2.31. The zero-order valence-corrected chi connectivity index (χ0v) is 11.3.